The van der Waals surface area contributed by atoms with Crippen molar-refractivity contribution >= 4 is 30.0 Å². The zero-order valence-corrected chi connectivity index (χ0v) is 46.4. The van der Waals surface area contributed by atoms with Gasteiger partial charge in [0, 0.05) is 38.8 Å². The van der Waals surface area contributed by atoms with E-state index in [9.17, 15) is 24.0 Å². The maximum absolute atomic E-state index is 13.3. The summed E-state index contributed by atoms with van der Waals surface area (Å²) in [6.45, 7) is 10.8. The van der Waals surface area contributed by atoms with Gasteiger partial charge in [-0.05, 0) is 90.6 Å². The summed E-state index contributed by atoms with van der Waals surface area (Å²) in [5.74, 6) is -1.46. The number of alkyl carbamates (subject to hydrolysis) is 1. The van der Waals surface area contributed by atoms with Crippen molar-refractivity contribution < 1.29 is 47.7 Å². The monoisotopic (exact) mass is 1000 g/mol. The van der Waals surface area contributed by atoms with E-state index in [1.54, 1.807) is 0 Å². The Kier molecular flexibility index (Phi) is 50.4. The van der Waals surface area contributed by atoms with Gasteiger partial charge in [0.2, 0.25) is 0 Å². The normalized spacial score (nSPS) is 12.4. The van der Waals surface area contributed by atoms with Crippen LogP contribution >= 0.6 is 0 Å². The molecule has 0 saturated carbocycles. The van der Waals surface area contributed by atoms with Gasteiger partial charge in [0.25, 0.3) is 0 Å². The standard InChI is InChI=1S/C59H108N2O10/c1-6-10-13-16-19-21-22-23-24-25-26-27-29-33-39-44-56(63)68-51-54(70-58(65)47-46-53(42-37-32-18-15-12-8-3)71-59(66)60-48-49-61(5)9-4)52-69-57(64)45-40-35-31-34-38-43-55(62)67-50-41-36-30-28-20-17-14-11-7-2/h19,21,23-24,53-54H,6-18,20,22,25-52H2,1-5H3,(H,60,66)/b21-19-,24-23-. The molecule has 0 rings (SSSR count). The first kappa shape index (κ1) is 67.6. The lowest BCUT2D eigenvalue weighted by molar-refractivity contribution is -0.167. The van der Waals surface area contributed by atoms with Crippen LogP contribution in [0.2, 0.25) is 0 Å². The van der Waals surface area contributed by atoms with Crippen LogP contribution in [0.1, 0.15) is 265 Å². The minimum absolute atomic E-state index is 0.00621. The van der Waals surface area contributed by atoms with Crippen LogP contribution < -0.4 is 5.32 Å². The van der Waals surface area contributed by atoms with Crippen molar-refractivity contribution in [3.8, 4) is 0 Å². The number of hydrogen-bond donors (Lipinski definition) is 1. The Morgan fingerprint density at radius 3 is 1.39 bits per heavy atom. The van der Waals surface area contributed by atoms with Crippen LogP contribution in [0.5, 0.6) is 0 Å². The molecule has 0 aromatic rings. The molecule has 71 heavy (non-hydrogen) atoms. The fourth-order valence-corrected chi connectivity index (χ4v) is 8.09. The zero-order chi connectivity index (χ0) is 52.1. The molecule has 0 fully saturated rings. The number of allylic oxidation sites excluding steroid dienone is 4. The summed E-state index contributed by atoms with van der Waals surface area (Å²) in [6, 6.07) is 0. The van der Waals surface area contributed by atoms with Crippen molar-refractivity contribution in [3.63, 3.8) is 0 Å². The lowest BCUT2D eigenvalue weighted by atomic mass is 10.0. The number of carbonyl (C=O) groups excluding carboxylic acids is 5. The van der Waals surface area contributed by atoms with Gasteiger partial charge in [-0.15, -0.1) is 0 Å². The molecule has 0 heterocycles. The second-order valence-electron chi connectivity index (χ2n) is 19.7. The largest absolute Gasteiger partial charge is 0.466 e. The summed E-state index contributed by atoms with van der Waals surface area (Å²) in [4.78, 5) is 65.8. The summed E-state index contributed by atoms with van der Waals surface area (Å²) in [6.07, 6.45) is 42.5. The van der Waals surface area contributed by atoms with Gasteiger partial charge >= 0.3 is 30.0 Å². The van der Waals surface area contributed by atoms with Gasteiger partial charge in [-0.1, -0.05) is 187 Å². The highest BCUT2D eigenvalue weighted by atomic mass is 16.6. The molecule has 0 aromatic carbocycles. The minimum atomic E-state index is -0.961. The van der Waals surface area contributed by atoms with Gasteiger partial charge < -0.3 is 33.9 Å². The number of esters is 4. The number of unbranched alkanes of at least 4 members (excludes halogenated alkanes) is 25. The van der Waals surface area contributed by atoms with Gasteiger partial charge in [0.15, 0.2) is 6.10 Å². The first-order chi connectivity index (χ1) is 34.6. The lowest BCUT2D eigenvalue weighted by Gasteiger charge is -2.21. The Balaban J connectivity index is 4.93. The maximum atomic E-state index is 13.3. The molecule has 0 saturated heterocycles. The Labute approximate surface area is 434 Å². The van der Waals surface area contributed by atoms with Crippen LogP contribution in [0.15, 0.2) is 24.3 Å². The fourth-order valence-electron chi connectivity index (χ4n) is 8.09. The number of carbonyl (C=O) groups is 5. The Hall–Kier alpha value is -3.41. The number of nitrogens with one attached hydrogen (secondary N) is 1. The average Bonchev–Trinajstić information content (AvgIpc) is 3.36. The van der Waals surface area contributed by atoms with E-state index in [2.05, 4.69) is 62.2 Å². The number of ether oxygens (including phenoxy) is 5. The SMILES string of the molecule is CCCCC/C=C\C/C=C\CCCCCCCC(=O)OCC(COC(=O)CCCCCCCC(=O)OCCCCCCCCCCC)OC(=O)CCC(CCCCCCCC)OC(=O)NCCN(C)CC. The van der Waals surface area contributed by atoms with E-state index in [0.29, 0.717) is 45.4 Å². The molecule has 414 valence electrons. The van der Waals surface area contributed by atoms with Crippen molar-refractivity contribution in [2.24, 2.45) is 0 Å². The Bertz CT molecular complexity index is 1320. The highest BCUT2D eigenvalue weighted by Crippen LogP contribution is 2.17. The number of rotatable bonds is 52. The molecule has 0 aliphatic carbocycles. The summed E-state index contributed by atoms with van der Waals surface area (Å²) in [5.41, 5.74) is 0. The van der Waals surface area contributed by atoms with E-state index in [1.807, 2.05) is 7.05 Å². The molecule has 0 bridgehead atoms. The average molecular weight is 1010 g/mol. The third-order valence-corrected chi connectivity index (χ3v) is 12.9. The van der Waals surface area contributed by atoms with E-state index in [-0.39, 0.29) is 50.8 Å². The molecule has 0 aliphatic heterocycles. The van der Waals surface area contributed by atoms with Gasteiger partial charge in [-0.3, -0.25) is 19.2 Å². The topological polar surface area (TPSA) is 147 Å². The molecule has 12 nitrogen and oxygen atoms in total. The van der Waals surface area contributed by atoms with E-state index >= 15 is 0 Å². The predicted octanol–water partition coefficient (Wildman–Crippen LogP) is 15.2. The summed E-state index contributed by atoms with van der Waals surface area (Å²) < 4.78 is 28.1. The molecule has 0 spiro atoms. The molecule has 2 unspecified atom stereocenters. The molecule has 1 amide bonds. The Morgan fingerprint density at radius 2 is 0.873 bits per heavy atom. The first-order valence-corrected chi connectivity index (χ1v) is 29.2. The van der Waals surface area contributed by atoms with Crippen LogP contribution in [-0.4, -0.2) is 93.6 Å². The third-order valence-electron chi connectivity index (χ3n) is 12.9. The first-order valence-electron chi connectivity index (χ1n) is 29.2. The van der Waals surface area contributed by atoms with Crippen molar-refractivity contribution in [2.75, 3.05) is 46.5 Å². The second kappa shape index (κ2) is 52.9. The van der Waals surface area contributed by atoms with Gasteiger partial charge in [0.05, 0.1) is 6.61 Å². The van der Waals surface area contributed by atoms with E-state index in [0.717, 1.165) is 103 Å². The lowest BCUT2D eigenvalue weighted by Crippen LogP contribution is -2.35. The van der Waals surface area contributed by atoms with E-state index < -0.39 is 30.2 Å². The Morgan fingerprint density at radius 1 is 0.437 bits per heavy atom. The molecule has 0 aromatic heterocycles. The summed E-state index contributed by atoms with van der Waals surface area (Å²) in [7, 11) is 1.99. The fraction of sp³-hybridized carbons (Fsp3) is 0.847. The van der Waals surface area contributed by atoms with Crippen molar-refractivity contribution in [1.29, 1.82) is 0 Å². The highest BCUT2D eigenvalue weighted by molar-refractivity contribution is 5.71. The quantitative estimate of drug-likeness (QED) is 0.0269. The molecule has 12 heteroatoms. The van der Waals surface area contributed by atoms with Crippen LogP contribution in [0.3, 0.4) is 0 Å². The van der Waals surface area contributed by atoms with Crippen molar-refractivity contribution in [2.45, 2.75) is 277 Å². The van der Waals surface area contributed by atoms with Gasteiger partial charge in [0.1, 0.15) is 19.3 Å². The number of amides is 1. The number of hydrogen-bond acceptors (Lipinski definition) is 11. The highest BCUT2D eigenvalue weighted by Gasteiger charge is 2.22. The van der Waals surface area contributed by atoms with Crippen LogP contribution in [0.25, 0.3) is 0 Å². The third kappa shape index (κ3) is 49.9. The van der Waals surface area contributed by atoms with Gasteiger partial charge in [-0.25, -0.2) is 4.79 Å². The number of likely N-dealkylation sites (N-methyl/N-ethyl adjacent to an activating group) is 1. The molecule has 1 N–H and O–H groups in total. The van der Waals surface area contributed by atoms with E-state index in [4.69, 9.17) is 23.7 Å². The van der Waals surface area contributed by atoms with Crippen LogP contribution in [0, 0.1) is 0 Å². The van der Waals surface area contributed by atoms with Crippen molar-refractivity contribution in [1.82, 2.24) is 10.2 Å². The molecule has 0 aliphatic rings. The van der Waals surface area contributed by atoms with Gasteiger partial charge in [-0.2, -0.15) is 0 Å². The van der Waals surface area contributed by atoms with Crippen LogP contribution in [0.4, 0.5) is 4.79 Å². The smallest absolute Gasteiger partial charge is 0.407 e. The summed E-state index contributed by atoms with van der Waals surface area (Å²) >= 11 is 0. The maximum Gasteiger partial charge on any atom is 0.407 e. The van der Waals surface area contributed by atoms with Crippen LogP contribution in [-0.2, 0) is 42.9 Å². The predicted molar refractivity (Wildman–Crippen MR) is 290 cm³/mol. The second-order valence-corrected chi connectivity index (χ2v) is 19.7. The molecular formula is C59H108N2O10. The summed E-state index contributed by atoms with van der Waals surface area (Å²) in [5, 5.41) is 2.82. The molecule has 2 atom stereocenters. The molecular weight excluding hydrogens is 897 g/mol. The molecule has 0 radical (unpaired) electrons. The minimum Gasteiger partial charge on any atom is -0.466 e. The van der Waals surface area contributed by atoms with Crippen molar-refractivity contribution in [3.05, 3.63) is 24.3 Å². The van der Waals surface area contributed by atoms with E-state index in [1.165, 1.54) is 89.9 Å². The number of nitrogens with zero attached hydrogens (tertiary/aromatic N) is 1. The zero-order valence-electron chi connectivity index (χ0n) is 46.4.